The Morgan fingerprint density at radius 2 is 1.94 bits per heavy atom. The standard InChI is InChI=1S/C11H15BrFNO2S/c1-11(2,3)7-17(15,16)14-8-4-5-9(12)10(13)6-8/h4-6,14H,7H2,1-3H3. The minimum absolute atomic E-state index is 0.0162. The molecule has 0 saturated carbocycles. The number of nitrogens with one attached hydrogen (secondary N) is 1. The highest BCUT2D eigenvalue weighted by Gasteiger charge is 2.21. The molecule has 1 aromatic carbocycles. The fraction of sp³-hybridized carbons (Fsp3) is 0.455. The van der Waals surface area contributed by atoms with Crippen LogP contribution in [0.3, 0.4) is 0 Å². The van der Waals surface area contributed by atoms with Crippen molar-refractivity contribution >= 4 is 31.6 Å². The summed E-state index contributed by atoms with van der Waals surface area (Å²) < 4.78 is 39.4. The maximum Gasteiger partial charge on any atom is 0.233 e. The Balaban J connectivity index is 2.87. The molecule has 3 nitrogen and oxygen atoms in total. The van der Waals surface area contributed by atoms with Crippen LogP contribution in [-0.2, 0) is 10.0 Å². The Morgan fingerprint density at radius 1 is 1.35 bits per heavy atom. The van der Waals surface area contributed by atoms with E-state index in [0.717, 1.165) is 6.07 Å². The maximum atomic E-state index is 13.2. The summed E-state index contributed by atoms with van der Waals surface area (Å²) in [6.07, 6.45) is 0. The van der Waals surface area contributed by atoms with Gasteiger partial charge in [0, 0.05) is 0 Å². The number of hydrogen-bond donors (Lipinski definition) is 1. The summed E-state index contributed by atoms with van der Waals surface area (Å²) in [5.74, 6) is -0.515. The maximum absolute atomic E-state index is 13.2. The fourth-order valence-corrected chi connectivity index (χ4v) is 3.29. The van der Waals surface area contributed by atoms with Crippen LogP contribution in [0.4, 0.5) is 10.1 Å². The van der Waals surface area contributed by atoms with Gasteiger partial charge < -0.3 is 0 Å². The Kier molecular flexibility index (Phi) is 4.19. The van der Waals surface area contributed by atoms with Gasteiger partial charge >= 0.3 is 0 Å². The minimum Gasteiger partial charge on any atom is -0.283 e. The second kappa shape index (κ2) is 4.94. The van der Waals surface area contributed by atoms with E-state index in [9.17, 15) is 12.8 Å². The number of anilines is 1. The first-order valence-electron chi connectivity index (χ1n) is 5.05. The molecule has 1 N–H and O–H groups in total. The summed E-state index contributed by atoms with van der Waals surface area (Å²) in [6.45, 7) is 5.48. The molecule has 0 amide bonds. The molecule has 96 valence electrons. The van der Waals surface area contributed by atoms with Gasteiger partial charge in [0.15, 0.2) is 0 Å². The molecule has 0 radical (unpaired) electrons. The molecule has 0 aliphatic rings. The highest BCUT2D eigenvalue weighted by atomic mass is 79.9. The molecule has 0 aromatic heterocycles. The topological polar surface area (TPSA) is 46.2 Å². The molecule has 0 spiro atoms. The predicted octanol–water partition coefficient (Wildman–Crippen LogP) is 3.38. The lowest BCUT2D eigenvalue weighted by Crippen LogP contribution is -2.26. The average molecular weight is 324 g/mol. The van der Waals surface area contributed by atoms with Gasteiger partial charge in [-0.15, -0.1) is 0 Å². The van der Waals surface area contributed by atoms with Crippen LogP contribution >= 0.6 is 15.9 Å². The van der Waals surface area contributed by atoms with Crippen LogP contribution in [0.1, 0.15) is 20.8 Å². The van der Waals surface area contributed by atoms with E-state index in [1.54, 1.807) is 0 Å². The summed E-state index contributed by atoms with van der Waals surface area (Å²) in [4.78, 5) is 0. The molecule has 0 bridgehead atoms. The van der Waals surface area contributed by atoms with Gasteiger partial charge in [-0.3, -0.25) is 4.72 Å². The van der Waals surface area contributed by atoms with Crippen molar-refractivity contribution in [2.45, 2.75) is 20.8 Å². The van der Waals surface area contributed by atoms with E-state index < -0.39 is 15.8 Å². The number of benzene rings is 1. The summed E-state index contributed by atoms with van der Waals surface area (Å²) >= 11 is 3.01. The summed E-state index contributed by atoms with van der Waals surface area (Å²) in [7, 11) is -3.45. The number of halogens is 2. The van der Waals surface area contributed by atoms with Gasteiger partial charge in [-0.05, 0) is 39.5 Å². The Morgan fingerprint density at radius 3 is 2.41 bits per heavy atom. The SMILES string of the molecule is CC(C)(C)CS(=O)(=O)Nc1ccc(Br)c(F)c1. The Hall–Kier alpha value is -0.620. The first-order chi connectivity index (χ1) is 7.59. The van der Waals surface area contributed by atoms with E-state index in [0.29, 0.717) is 4.47 Å². The Bertz CT molecular complexity index is 509. The minimum atomic E-state index is -3.45. The molecule has 0 aliphatic heterocycles. The van der Waals surface area contributed by atoms with Crippen LogP contribution in [0.25, 0.3) is 0 Å². The van der Waals surface area contributed by atoms with Gasteiger partial charge in [0.2, 0.25) is 10.0 Å². The van der Waals surface area contributed by atoms with Crippen molar-refractivity contribution < 1.29 is 12.8 Å². The largest absolute Gasteiger partial charge is 0.283 e. The third kappa shape index (κ3) is 5.04. The smallest absolute Gasteiger partial charge is 0.233 e. The van der Waals surface area contributed by atoms with Gasteiger partial charge in [-0.2, -0.15) is 0 Å². The first-order valence-corrected chi connectivity index (χ1v) is 7.49. The van der Waals surface area contributed by atoms with Gasteiger partial charge in [0.1, 0.15) is 5.82 Å². The molecular formula is C11H15BrFNO2S. The molecule has 1 aromatic rings. The van der Waals surface area contributed by atoms with Crippen molar-refractivity contribution in [1.29, 1.82) is 0 Å². The molecule has 1 rings (SSSR count). The van der Waals surface area contributed by atoms with Crippen molar-refractivity contribution in [3.8, 4) is 0 Å². The van der Waals surface area contributed by atoms with E-state index in [1.807, 2.05) is 20.8 Å². The molecule has 0 heterocycles. The number of rotatable bonds is 3. The average Bonchev–Trinajstić information content (AvgIpc) is 2.06. The Labute approximate surface area is 110 Å². The molecule has 0 atom stereocenters. The van der Waals surface area contributed by atoms with Gasteiger partial charge in [0.05, 0.1) is 15.9 Å². The summed E-state index contributed by atoms with van der Waals surface area (Å²) in [6, 6.07) is 4.11. The van der Waals surface area contributed by atoms with Crippen LogP contribution in [0, 0.1) is 11.2 Å². The van der Waals surface area contributed by atoms with Crippen molar-refractivity contribution in [2.75, 3.05) is 10.5 Å². The molecule has 17 heavy (non-hydrogen) atoms. The van der Waals surface area contributed by atoms with Crippen molar-refractivity contribution in [1.82, 2.24) is 0 Å². The quantitative estimate of drug-likeness (QED) is 0.926. The van der Waals surface area contributed by atoms with Crippen molar-refractivity contribution in [3.63, 3.8) is 0 Å². The number of hydrogen-bond acceptors (Lipinski definition) is 2. The highest BCUT2D eigenvalue weighted by molar-refractivity contribution is 9.10. The van der Waals surface area contributed by atoms with Gasteiger partial charge in [0.25, 0.3) is 0 Å². The molecule has 0 saturated heterocycles. The highest BCUT2D eigenvalue weighted by Crippen LogP contribution is 2.22. The van der Waals surface area contributed by atoms with Crippen molar-refractivity contribution in [2.24, 2.45) is 5.41 Å². The summed E-state index contributed by atoms with van der Waals surface area (Å²) in [5.41, 5.74) is -0.116. The number of sulfonamides is 1. The lowest BCUT2D eigenvalue weighted by molar-refractivity contribution is 0.463. The third-order valence-electron chi connectivity index (χ3n) is 1.82. The molecule has 0 unspecified atom stereocenters. The normalized spacial score (nSPS) is 12.5. The molecule has 0 fully saturated rings. The van der Waals surface area contributed by atoms with E-state index >= 15 is 0 Å². The lowest BCUT2D eigenvalue weighted by Gasteiger charge is -2.18. The monoisotopic (exact) mass is 323 g/mol. The van der Waals surface area contributed by atoms with Crippen LogP contribution in [0.15, 0.2) is 22.7 Å². The second-order valence-electron chi connectivity index (χ2n) is 5.05. The summed E-state index contributed by atoms with van der Waals surface area (Å²) in [5, 5.41) is 0. The zero-order valence-corrected chi connectivity index (χ0v) is 12.3. The zero-order valence-electron chi connectivity index (χ0n) is 9.92. The first kappa shape index (κ1) is 14.4. The van der Waals surface area contributed by atoms with Crippen LogP contribution in [0.5, 0.6) is 0 Å². The molecular weight excluding hydrogens is 309 g/mol. The van der Waals surface area contributed by atoms with Gasteiger partial charge in [-0.25, -0.2) is 12.8 Å². The molecule has 6 heteroatoms. The van der Waals surface area contributed by atoms with Gasteiger partial charge in [-0.1, -0.05) is 20.8 Å². The second-order valence-corrected chi connectivity index (χ2v) is 7.63. The van der Waals surface area contributed by atoms with E-state index in [-0.39, 0.29) is 16.9 Å². The third-order valence-corrected chi connectivity index (χ3v) is 4.25. The van der Waals surface area contributed by atoms with Crippen LogP contribution in [-0.4, -0.2) is 14.2 Å². The van der Waals surface area contributed by atoms with Crippen LogP contribution < -0.4 is 4.72 Å². The van der Waals surface area contributed by atoms with Crippen molar-refractivity contribution in [3.05, 3.63) is 28.5 Å². The lowest BCUT2D eigenvalue weighted by atomic mass is 10.0. The molecule has 0 aliphatic carbocycles. The van der Waals surface area contributed by atoms with E-state index in [2.05, 4.69) is 20.7 Å². The van der Waals surface area contributed by atoms with Crippen LogP contribution in [0.2, 0.25) is 0 Å². The predicted molar refractivity (Wildman–Crippen MR) is 71.0 cm³/mol. The van der Waals surface area contributed by atoms with E-state index in [4.69, 9.17) is 0 Å². The van der Waals surface area contributed by atoms with E-state index in [1.165, 1.54) is 12.1 Å². The zero-order chi connectivity index (χ0) is 13.3. The fourth-order valence-electron chi connectivity index (χ4n) is 1.35.